The fourth-order valence-electron chi connectivity index (χ4n) is 3.57. The van der Waals surface area contributed by atoms with Gasteiger partial charge < -0.3 is 14.8 Å². The summed E-state index contributed by atoms with van der Waals surface area (Å²) in [6, 6.07) is 14.4. The number of hydrogen-bond donors (Lipinski definition) is 1. The van der Waals surface area contributed by atoms with Crippen molar-refractivity contribution in [3.05, 3.63) is 59.7 Å². The first kappa shape index (κ1) is 22.1. The standard InChI is InChI=1S/C22H28N2O5S/c1-22(2)13-19(18-11-10-17(28-3)12-20(18)29-22)23-21(25)15-24(30(4,26)27)14-16-8-6-5-7-9-16/h5-12,19H,13-15H2,1-4H3,(H,23,25)/t19-/m1/s1. The number of nitrogens with one attached hydrogen (secondary N) is 1. The average Bonchev–Trinajstić information content (AvgIpc) is 2.66. The second-order valence-electron chi connectivity index (χ2n) is 8.11. The molecule has 1 N–H and O–H groups in total. The van der Waals surface area contributed by atoms with Crippen LogP contribution in [0.25, 0.3) is 0 Å². The molecule has 8 heteroatoms. The quantitative estimate of drug-likeness (QED) is 0.727. The molecule has 162 valence electrons. The highest BCUT2D eigenvalue weighted by molar-refractivity contribution is 7.88. The van der Waals surface area contributed by atoms with Crippen LogP contribution in [0.5, 0.6) is 11.5 Å². The average molecular weight is 433 g/mol. The van der Waals surface area contributed by atoms with Gasteiger partial charge in [-0.2, -0.15) is 4.31 Å². The first-order valence-electron chi connectivity index (χ1n) is 9.73. The number of hydrogen-bond acceptors (Lipinski definition) is 5. The number of sulfonamides is 1. The first-order valence-corrected chi connectivity index (χ1v) is 11.6. The Hall–Kier alpha value is -2.58. The predicted octanol–water partition coefficient (Wildman–Crippen LogP) is 2.88. The van der Waals surface area contributed by atoms with Crippen LogP contribution in [0.1, 0.15) is 37.4 Å². The number of carbonyl (C=O) groups is 1. The van der Waals surface area contributed by atoms with Crippen molar-refractivity contribution in [2.45, 2.75) is 38.5 Å². The van der Waals surface area contributed by atoms with Gasteiger partial charge in [0.25, 0.3) is 0 Å². The van der Waals surface area contributed by atoms with Crippen LogP contribution >= 0.6 is 0 Å². The summed E-state index contributed by atoms with van der Waals surface area (Å²) in [5.41, 5.74) is 1.18. The van der Waals surface area contributed by atoms with Crippen molar-refractivity contribution >= 4 is 15.9 Å². The van der Waals surface area contributed by atoms with Crippen molar-refractivity contribution in [3.63, 3.8) is 0 Å². The maximum atomic E-state index is 12.8. The van der Waals surface area contributed by atoms with E-state index >= 15 is 0 Å². The smallest absolute Gasteiger partial charge is 0.235 e. The van der Waals surface area contributed by atoms with E-state index in [1.807, 2.05) is 56.3 Å². The van der Waals surface area contributed by atoms with Crippen molar-refractivity contribution in [1.29, 1.82) is 0 Å². The van der Waals surface area contributed by atoms with E-state index in [9.17, 15) is 13.2 Å². The highest BCUT2D eigenvalue weighted by atomic mass is 32.2. The topological polar surface area (TPSA) is 84.9 Å². The highest BCUT2D eigenvalue weighted by Crippen LogP contribution is 2.41. The molecule has 0 saturated carbocycles. The lowest BCUT2D eigenvalue weighted by atomic mass is 9.89. The van der Waals surface area contributed by atoms with Gasteiger partial charge in [0.2, 0.25) is 15.9 Å². The molecular formula is C22H28N2O5S. The molecule has 1 heterocycles. The zero-order chi connectivity index (χ0) is 21.9. The van der Waals surface area contributed by atoms with Crippen LogP contribution in [0, 0.1) is 0 Å². The molecule has 2 aromatic carbocycles. The molecule has 3 rings (SSSR count). The van der Waals surface area contributed by atoms with E-state index in [0.29, 0.717) is 17.9 Å². The van der Waals surface area contributed by atoms with Crippen molar-refractivity contribution in [3.8, 4) is 11.5 Å². The Morgan fingerprint density at radius 2 is 1.93 bits per heavy atom. The molecule has 0 bridgehead atoms. The van der Waals surface area contributed by atoms with Crippen LogP contribution in [0.2, 0.25) is 0 Å². The van der Waals surface area contributed by atoms with E-state index in [4.69, 9.17) is 9.47 Å². The molecule has 0 aliphatic carbocycles. The Labute approximate surface area is 178 Å². The third-order valence-corrected chi connectivity index (χ3v) is 6.20. The number of nitrogens with zero attached hydrogens (tertiary/aromatic N) is 1. The van der Waals surface area contributed by atoms with Crippen LogP contribution < -0.4 is 14.8 Å². The number of ether oxygens (including phenoxy) is 2. The lowest BCUT2D eigenvalue weighted by Crippen LogP contribution is -2.45. The van der Waals surface area contributed by atoms with Gasteiger partial charge in [0.15, 0.2) is 0 Å². The summed E-state index contributed by atoms with van der Waals surface area (Å²) in [6.07, 6.45) is 1.68. The molecule has 0 unspecified atom stereocenters. The maximum absolute atomic E-state index is 12.8. The lowest BCUT2D eigenvalue weighted by Gasteiger charge is -2.38. The summed E-state index contributed by atoms with van der Waals surface area (Å²) in [6.45, 7) is 3.79. The van der Waals surface area contributed by atoms with Gasteiger partial charge in [-0.15, -0.1) is 0 Å². The van der Waals surface area contributed by atoms with Crippen molar-refractivity contribution in [2.75, 3.05) is 19.9 Å². The molecule has 2 aromatic rings. The minimum absolute atomic E-state index is 0.139. The van der Waals surface area contributed by atoms with E-state index < -0.39 is 15.6 Å². The summed E-state index contributed by atoms with van der Waals surface area (Å²) in [5.74, 6) is 0.962. The molecule has 30 heavy (non-hydrogen) atoms. The van der Waals surface area contributed by atoms with Gasteiger partial charge in [0.05, 0.1) is 26.0 Å². The van der Waals surface area contributed by atoms with E-state index in [1.165, 1.54) is 4.31 Å². The Kier molecular flexibility index (Phi) is 6.38. The summed E-state index contributed by atoms with van der Waals surface area (Å²) < 4.78 is 37.0. The van der Waals surface area contributed by atoms with E-state index in [2.05, 4.69) is 5.32 Å². The molecule has 1 aliphatic heterocycles. The first-order chi connectivity index (χ1) is 14.1. The van der Waals surface area contributed by atoms with Gasteiger partial charge in [-0.1, -0.05) is 30.3 Å². The Balaban J connectivity index is 1.77. The van der Waals surface area contributed by atoms with Crippen LogP contribution in [0.15, 0.2) is 48.5 Å². The number of rotatable bonds is 7. The zero-order valence-electron chi connectivity index (χ0n) is 17.7. The summed E-state index contributed by atoms with van der Waals surface area (Å²) in [7, 11) is -1.98. The second-order valence-corrected chi connectivity index (χ2v) is 10.1. The fraction of sp³-hybridized carbons (Fsp3) is 0.409. The normalized spacial score (nSPS) is 17.7. The van der Waals surface area contributed by atoms with E-state index in [0.717, 1.165) is 17.4 Å². The van der Waals surface area contributed by atoms with Crippen molar-refractivity contribution in [2.24, 2.45) is 0 Å². The Morgan fingerprint density at radius 1 is 1.23 bits per heavy atom. The van der Waals surface area contributed by atoms with Gasteiger partial charge in [-0.3, -0.25) is 4.79 Å². The molecule has 1 amide bonds. The van der Waals surface area contributed by atoms with Crippen LogP contribution in [0.4, 0.5) is 0 Å². The zero-order valence-corrected chi connectivity index (χ0v) is 18.5. The van der Waals surface area contributed by atoms with Gasteiger partial charge in [-0.05, 0) is 31.5 Å². The third-order valence-electron chi connectivity index (χ3n) is 5.00. The second kappa shape index (κ2) is 8.65. The van der Waals surface area contributed by atoms with Gasteiger partial charge in [-0.25, -0.2) is 8.42 Å². The summed E-state index contributed by atoms with van der Waals surface area (Å²) >= 11 is 0. The Morgan fingerprint density at radius 3 is 2.57 bits per heavy atom. The highest BCUT2D eigenvalue weighted by Gasteiger charge is 2.35. The van der Waals surface area contributed by atoms with Gasteiger partial charge in [0, 0.05) is 24.6 Å². The predicted molar refractivity (Wildman–Crippen MR) is 115 cm³/mol. The minimum Gasteiger partial charge on any atom is -0.497 e. The van der Waals surface area contributed by atoms with Crippen molar-refractivity contribution < 1.29 is 22.7 Å². The molecule has 0 spiro atoms. The number of methoxy groups -OCH3 is 1. The molecule has 7 nitrogen and oxygen atoms in total. The maximum Gasteiger partial charge on any atom is 0.235 e. The number of amides is 1. The third kappa shape index (κ3) is 5.52. The molecule has 0 radical (unpaired) electrons. The van der Waals surface area contributed by atoms with Crippen molar-refractivity contribution in [1.82, 2.24) is 9.62 Å². The van der Waals surface area contributed by atoms with E-state index in [1.54, 1.807) is 13.2 Å². The van der Waals surface area contributed by atoms with E-state index in [-0.39, 0.29) is 25.0 Å². The molecular weight excluding hydrogens is 404 g/mol. The molecule has 1 atom stereocenters. The molecule has 1 aliphatic rings. The molecule has 0 fully saturated rings. The number of carbonyl (C=O) groups excluding carboxylic acids is 1. The molecule has 0 saturated heterocycles. The van der Waals surface area contributed by atoms with Gasteiger partial charge >= 0.3 is 0 Å². The Bertz CT molecular complexity index is 1010. The number of benzene rings is 2. The summed E-state index contributed by atoms with van der Waals surface area (Å²) in [4.78, 5) is 12.8. The van der Waals surface area contributed by atoms with Crippen LogP contribution in [-0.4, -0.2) is 44.1 Å². The SMILES string of the molecule is COc1ccc2c(c1)OC(C)(C)C[C@H]2NC(=O)CN(Cc1ccccc1)S(C)(=O)=O. The fourth-order valence-corrected chi connectivity index (χ4v) is 4.30. The summed E-state index contributed by atoms with van der Waals surface area (Å²) in [5, 5.41) is 2.99. The number of fused-ring (bicyclic) bond motifs is 1. The largest absolute Gasteiger partial charge is 0.497 e. The lowest BCUT2D eigenvalue weighted by molar-refractivity contribution is -0.122. The van der Waals surface area contributed by atoms with Crippen LogP contribution in [0.3, 0.4) is 0 Å². The van der Waals surface area contributed by atoms with Crippen LogP contribution in [-0.2, 0) is 21.4 Å². The minimum atomic E-state index is -3.56. The van der Waals surface area contributed by atoms with Gasteiger partial charge in [0.1, 0.15) is 17.1 Å². The molecule has 0 aromatic heterocycles. The monoisotopic (exact) mass is 432 g/mol.